The third-order valence-electron chi connectivity index (χ3n) is 4.81. The number of aliphatic hydroxyl groups excluding tert-OH is 1. The molecule has 1 aliphatic rings. The number of hydrogen-bond donors (Lipinski definition) is 3. The minimum Gasteiger partial charge on any atom is -0.443 e. The molecule has 0 radical (unpaired) electrons. The summed E-state index contributed by atoms with van der Waals surface area (Å²) in [4.78, 5) is 40.2. The molecular weight excluding hydrogens is 395 g/mol. The first-order chi connectivity index (χ1) is 14.2. The monoisotopic (exact) mass is 416 g/mol. The maximum Gasteiger partial charge on any atom is 0.414 e. The summed E-state index contributed by atoms with van der Waals surface area (Å²) in [5.74, 6) is -2.23. The Balaban J connectivity index is 1.76. The van der Waals surface area contributed by atoms with Gasteiger partial charge < -0.3 is 20.9 Å². The van der Waals surface area contributed by atoms with Crippen LogP contribution in [0.3, 0.4) is 0 Å². The van der Waals surface area contributed by atoms with Gasteiger partial charge in [0, 0.05) is 17.3 Å². The van der Waals surface area contributed by atoms with E-state index >= 15 is 0 Å². The number of aliphatic hydroxyl groups is 1. The van der Waals surface area contributed by atoms with E-state index in [0.29, 0.717) is 5.56 Å². The van der Waals surface area contributed by atoms with Crippen molar-refractivity contribution in [3.05, 3.63) is 42.3 Å². The number of carbonyl (C=O) groups is 3. The van der Waals surface area contributed by atoms with E-state index in [2.05, 4.69) is 10.3 Å². The number of cyclic esters (lactones) is 1. The van der Waals surface area contributed by atoms with Gasteiger partial charge in [-0.05, 0) is 44.2 Å². The van der Waals surface area contributed by atoms with Crippen LogP contribution in [0.2, 0.25) is 0 Å². The molecule has 1 aromatic heterocycles. The van der Waals surface area contributed by atoms with Gasteiger partial charge in [0.05, 0.1) is 18.2 Å². The summed E-state index contributed by atoms with van der Waals surface area (Å²) in [6.07, 6.45) is -1.18. The third-order valence-corrected chi connectivity index (χ3v) is 4.81. The van der Waals surface area contributed by atoms with Gasteiger partial charge in [0.25, 0.3) is 5.91 Å². The molecule has 2 heterocycles. The quantitative estimate of drug-likeness (QED) is 0.655. The van der Waals surface area contributed by atoms with Crippen molar-refractivity contribution in [3.8, 4) is 11.1 Å². The van der Waals surface area contributed by atoms with Crippen molar-refractivity contribution in [2.45, 2.75) is 26.1 Å². The van der Waals surface area contributed by atoms with Gasteiger partial charge in [0.1, 0.15) is 23.8 Å². The second-order valence-electron chi connectivity index (χ2n) is 6.99. The highest BCUT2D eigenvalue weighted by molar-refractivity contribution is 5.93. The molecule has 2 aromatic rings. The Morgan fingerprint density at radius 3 is 2.63 bits per heavy atom. The highest BCUT2D eigenvalue weighted by atomic mass is 19.1. The smallest absolute Gasteiger partial charge is 0.414 e. The van der Waals surface area contributed by atoms with Gasteiger partial charge in [-0.25, -0.2) is 14.2 Å². The van der Waals surface area contributed by atoms with Crippen molar-refractivity contribution in [1.82, 2.24) is 4.98 Å². The van der Waals surface area contributed by atoms with Crippen LogP contribution in [0.1, 0.15) is 13.8 Å². The van der Waals surface area contributed by atoms with Crippen LogP contribution >= 0.6 is 0 Å². The largest absolute Gasteiger partial charge is 0.443 e. The van der Waals surface area contributed by atoms with Crippen molar-refractivity contribution in [2.75, 3.05) is 16.8 Å². The van der Waals surface area contributed by atoms with E-state index in [9.17, 15) is 23.9 Å². The number of ether oxygens (including phenoxy) is 1. The average Bonchev–Trinajstić information content (AvgIpc) is 3.09. The SMILES string of the molecule is CC(O)C(=O)Nc1ccc(-c2ccc(N3CC([C@H](C)C(N)=O)OC3=O)cc2F)cn1. The van der Waals surface area contributed by atoms with Crippen LogP contribution < -0.4 is 16.0 Å². The first-order valence-electron chi connectivity index (χ1n) is 9.19. The Hall–Kier alpha value is -3.53. The standard InChI is InChI=1S/C20H21FN4O5/c1-10(18(22)27)16-9-25(20(29)30-16)13-4-5-14(15(21)7-13)12-3-6-17(23-8-12)24-19(28)11(2)26/h3-8,10-11,16,26H,9H2,1-2H3,(H2,22,27)(H,23,24,28)/t10-,11?,16?/m0/s1. The fourth-order valence-corrected chi connectivity index (χ4v) is 2.90. The molecule has 3 amide bonds. The number of nitrogens with zero attached hydrogens (tertiary/aromatic N) is 2. The van der Waals surface area contributed by atoms with Crippen molar-refractivity contribution >= 4 is 29.4 Å². The van der Waals surface area contributed by atoms with Gasteiger partial charge in [-0.1, -0.05) is 0 Å². The minimum atomic E-state index is -1.18. The molecule has 0 spiro atoms. The summed E-state index contributed by atoms with van der Waals surface area (Å²) in [6, 6.07) is 7.29. The number of anilines is 2. The maximum atomic E-state index is 14.7. The number of carbonyl (C=O) groups excluding carboxylic acids is 3. The molecule has 0 bridgehead atoms. The number of amides is 3. The molecule has 2 unspecified atom stereocenters. The predicted molar refractivity (Wildman–Crippen MR) is 106 cm³/mol. The van der Waals surface area contributed by atoms with Crippen LogP contribution in [0.15, 0.2) is 36.5 Å². The van der Waals surface area contributed by atoms with E-state index in [4.69, 9.17) is 10.5 Å². The zero-order valence-electron chi connectivity index (χ0n) is 16.3. The number of nitrogens with two attached hydrogens (primary N) is 1. The molecule has 0 saturated carbocycles. The first kappa shape index (κ1) is 21.2. The topological polar surface area (TPSA) is 135 Å². The molecular formula is C20H21FN4O5. The molecule has 158 valence electrons. The second-order valence-corrected chi connectivity index (χ2v) is 6.99. The van der Waals surface area contributed by atoms with Crippen molar-refractivity contribution in [2.24, 2.45) is 11.7 Å². The molecule has 30 heavy (non-hydrogen) atoms. The third kappa shape index (κ3) is 4.38. The lowest BCUT2D eigenvalue weighted by molar-refractivity contribution is -0.124. The van der Waals surface area contributed by atoms with Crippen LogP contribution in [-0.2, 0) is 14.3 Å². The lowest BCUT2D eigenvalue weighted by Crippen LogP contribution is -2.34. The number of primary amides is 1. The summed E-state index contributed by atoms with van der Waals surface area (Å²) in [7, 11) is 0. The molecule has 0 aliphatic carbocycles. The first-order valence-corrected chi connectivity index (χ1v) is 9.19. The average molecular weight is 416 g/mol. The number of nitrogens with one attached hydrogen (secondary N) is 1. The Labute approximate surface area is 171 Å². The van der Waals surface area contributed by atoms with Crippen molar-refractivity contribution < 1.29 is 28.6 Å². The molecule has 3 rings (SSSR count). The number of rotatable bonds is 6. The molecule has 10 heteroatoms. The molecule has 1 aliphatic heterocycles. The summed E-state index contributed by atoms with van der Waals surface area (Å²) >= 11 is 0. The van der Waals surface area contributed by atoms with Gasteiger partial charge in [-0.2, -0.15) is 0 Å². The fraction of sp³-hybridized carbons (Fsp3) is 0.300. The summed E-state index contributed by atoms with van der Waals surface area (Å²) in [5.41, 5.74) is 6.24. The number of benzene rings is 1. The molecule has 9 nitrogen and oxygen atoms in total. The van der Waals surface area contributed by atoms with Gasteiger partial charge in [-0.3, -0.25) is 14.5 Å². The Morgan fingerprint density at radius 1 is 1.33 bits per heavy atom. The molecule has 1 saturated heterocycles. The van der Waals surface area contributed by atoms with Crippen molar-refractivity contribution in [1.29, 1.82) is 0 Å². The maximum absolute atomic E-state index is 14.7. The lowest BCUT2D eigenvalue weighted by atomic mass is 10.0. The van der Waals surface area contributed by atoms with Gasteiger partial charge >= 0.3 is 6.09 Å². The van der Waals surface area contributed by atoms with E-state index in [1.54, 1.807) is 19.1 Å². The Kier molecular flexibility index (Phi) is 5.97. The van der Waals surface area contributed by atoms with E-state index in [1.165, 1.54) is 36.2 Å². The minimum absolute atomic E-state index is 0.0843. The Bertz CT molecular complexity index is 980. The van der Waals surface area contributed by atoms with Crippen molar-refractivity contribution in [3.63, 3.8) is 0 Å². The van der Waals surface area contributed by atoms with Gasteiger partial charge in [0.15, 0.2) is 0 Å². The van der Waals surface area contributed by atoms with Crippen LogP contribution in [0.4, 0.5) is 20.7 Å². The highest BCUT2D eigenvalue weighted by Crippen LogP contribution is 2.30. The lowest BCUT2D eigenvalue weighted by Gasteiger charge is -2.16. The number of halogens is 1. The van der Waals surface area contributed by atoms with Crippen LogP contribution in [0, 0.1) is 11.7 Å². The van der Waals surface area contributed by atoms with Crippen LogP contribution in [0.25, 0.3) is 11.1 Å². The summed E-state index contributed by atoms with van der Waals surface area (Å²) < 4.78 is 19.9. The second kappa shape index (κ2) is 8.46. The number of pyridine rings is 1. The molecule has 1 aromatic carbocycles. The van der Waals surface area contributed by atoms with E-state index < -0.39 is 41.9 Å². The van der Waals surface area contributed by atoms with Gasteiger partial charge in [0.2, 0.25) is 5.91 Å². The summed E-state index contributed by atoms with van der Waals surface area (Å²) in [6.45, 7) is 2.97. The Morgan fingerprint density at radius 2 is 2.07 bits per heavy atom. The molecule has 1 fully saturated rings. The zero-order chi connectivity index (χ0) is 22.0. The van der Waals surface area contributed by atoms with E-state index in [-0.39, 0.29) is 23.6 Å². The van der Waals surface area contributed by atoms with E-state index in [0.717, 1.165) is 0 Å². The van der Waals surface area contributed by atoms with Gasteiger partial charge in [-0.15, -0.1) is 0 Å². The fourth-order valence-electron chi connectivity index (χ4n) is 2.90. The predicted octanol–water partition coefficient (Wildman–Crippen LogP) is 1.65. The van der Waals surface area contributed by atoms with Crippen LogP contribution in [0.5, 0.6) is 0 Å². The molecule has 3 atom stereocenters. The highest BCUT2D eigenvalue weighted by Gasteiger charge is 2.37. The summed E-state index contributed by atoms with van der Waals surface area (Å²) in [5, 5.41) is 11.6. The normalized spacial score (nSPS) is 17.9. The molecule has 4 N–H and O–H groups in total. The van der Waals surface area contributed by atoms with E-state index in [1.807, 2.05) is 0 Å². The number of aromatic nitrogens is 1. The zero-order valence-corrected chi connectivity index (χ0v) is 16.3. The number of hydrogen-bond acceptors (Lipinski definition) is 6. The van der Waals surface area contributed by atoms with Crippen LogP contribution in [-0.4, -0.2) is 46.8 Å².